The van der Waals surface area contributed by atoms with Gasteiger partial charge in [0.05, 0.1) is 18.3 Å². The molecule has 1 aromatic heterocycles. The van der Waals surface area contributed by atoms with Crippen molar-refractivity contribution in [3.05, 3.63) is 24.0 Å². The van der Waals surface area contributed by atoms with Crippen LogP contribution in [0.15, 0.2) is 18.3 Å². The molecule has 0 saturated carbocycles. The van der Waals surface area contributed by atoms with Crippen molar-refractivity contribution in [3.63, 3.8) is 0 Å². The quantitative estimate of drug-likeness (QED) is 0.873. The molecule has 1 atom stereocenters. The Morgan fingerprint density at radius 1 is 1.47 bits per heavy atom. The largest absolute Gasteiger partial charge is 0.397 e. The van der Waals surface area contributed by atoms with Gasteiger partial charge in [-0.1, -0.05) is 6.92 Å². The van der Waals surface area contributed by atoms with E-state index in [1.807, 2.05) is 11.0 Å². The molecule has 0 bridgehead atoms. The van der Waals surface area contributed by atoms with Gasteiger partial charge >= 0.3 is 0 Å². The Hall–Kier alpha value is -1.62. The van der Waals surface area contributed by atoms with E-state index in [0.29, 0.717) is 18.2 Å². The second-order valence-corrected chi connectivity index (χ2v) is 5.08. The van der Waals surface area contributed by atoms with Crippen LogP contribution in [0.4, 0.5) is 5.69 Å². The molecule has 5 nitrogen and oxygen atoms in total. The molecule has 1 aliphatic heterocycles. The first-order valence-electron chi connectivity index (χ1n) is 6.82. The number of rotatable bonds is 3. The van der Waals surface area contributed by atoms with Crippen LogP contribution >= 0.6 is 0 Å². The van der Waals surface area contributed by atoms with Crippen molar-refractivity contribution in [2.75, 3.05) is 31.9 Å². The lowest BCUT2D eigenvalue weighted by Crippen LogP contribution is -2.53. The zero-order valence-corrected chi connectivity index (χ0v) is 11.7. The molecule has 0 radical (unpaired) electrons. The van der Waals surface area contributed by atoms with Crippen LogP contribution < -0.4 is 5.73 Å². The number of anilines is 1. The molecule has 1 amide bonds. The van der Waals surface area contributed by atoms with E-state index < -0.39 is 0 Å². The molecule has 0 aromatic carbocycles. The SMILES string of the molecule is CCN1CCN(C(=O)Cc2ccc(N)cn2)CC1C. The highest BCUT2D eigenvalue weighted by atomic mass is 16.2. The number of piperazine rings is 1. The Balaban J connectivity index is 1.92. The first-order chi connectivity index (χ1) is 9.10. The van der Waals surface area contributed by atoms with E-state index in [1.165, 1.54) is 0 Å². The van der Waals surface area contributed by atoms with Gasteiger partial charge in [0.15, 0.2) is 0 Å². The summed E-state index contributed by atoms with van der Waals surface area (Å²) < 4.78 is 0. The van der Waals surface area contributed by atoms with Crippen LogP contribution in [0.25, 0.3) is 0 Å². The standard InChI is InChI=1S/C14H22N4O/c1-3-17-6-7-18(10-11(17)2)14(19)8-13-5-4-12(15)9-16-13/h4-5,9,11H,3,6-8,10,15H2,1-2H3. The number of nitrogens with zero attached hydrogens (tertiary/aromatic N) is 3. The molecule has 5 heteroatoms. The van der Waals surface area contributed by atoms with Crippen LogP contribution in [0.5, 0.6) is 0 Å². The second-order valence-electron chi connectivity index (χ2n) is 5.08. The molecule has 2 N–H and O–H groups in total. The Labute approximate surface area is 114 Å². The van der Waals surface area contributed by atoms with E-state index in [4.69, 9.17) is 5.73 Å². The molecule has 1 saturated heterocycles. The number of nitrogens with two attached hydrogens (primary N) is 1. The second kappa shape index (κ2) is 6.02. The van der Waals surface area contributed by atoms with Crippen molar-refractivity contribution in [3.8, 4) is 0 Å². The topological polar surface area (TPSA) is 62.5 Å². The van der Waals surface area contributed by atoms with Gasteiger partial charge in [-0.25, -0.2) is 0 Å². The van der Waals surface area contributed by atoms with Gasteiger partial charge in [0.1, 0.15) is 0 Å². The minimum absolute atomic E-state index is 0.153. The monoisotopic (exact) mass is 262 g/mol. The van der Waals surface area contributed by atoms with E-state index in [2.05, 4.69) is 23.7 Å². The molecule has 0 aliphatic carbocycles. The number of hydrogen-bond acceptors (Lipinski definition) is 4. The molecule has 19 heavy (non-hydrogen) atoms. The first-order valence-corrected chi connectivity index (χ1v) is 6.82. The molecule has 1 fully saturated rings. The Morgan fingerprint density at radius 3 is 2.84 bits per heavy atom. The van der Waals surface area contributed by atoms with Crippen LogP contribution in [0, 0.1) is 0 Å². The smallest absolute Gasteiger partial charge is 0.228 e. The van der Waals surface area contributed by atoms with Gasteiger partial charge in [-0.05, 0) is 25.6 Å². The third kappa shape index (κ3) is 3.44. The lowest BCUT2D eigenvalue weighted by molar-refractivity contribution is -0.133. The molecule has 1 unspecified atom stereocenters. The Morgan fingerprint density at radius 2 is 2.26 bits per heavy atom. The Bertz CT molecular complexity index is 432. The summed E-state index contributed by atoms with van der Waals surface area (Å²) in [7, 11) is 0. The summed E-state index contributed by atoms with van der Waals surface area (Å²) in [5.74, 6) is 0.153. The van der Waals surface area contributed by atoms with Crippen LogP contribution in [0.3, 0.4) is 0 Å². The summed E-state index contributed by atoms with van der Waals surface area (Å²) in [6, 6.07) is 4.04. The molecular formula is C14H22N4O. The average molecular weight is 262 g/mol. The summed E-state index contributed by atoms with van der Waals surface area (Å²) in [4.78, 5) is 20.7. The third-order valence-electron chi connectivity index (χ3n) is 3.70. The number of carbonyl (C=O) groups excluding carboxylic acids is 1. The lowest BCUT2D eigenvalue weighted by Gasteiger charge is -2.39. The summed E-state index contributed by atoms with van der Waals surface area (Å²) >= 11 is 0. The van der Waals surface area contributed by atoms with E-state index in [1.54, 1.807) is 12.3 Å². The molecule has 1 aliphatic rings. The first kappa shape index (κ1) is 13.8. The zero-order chi connectivity index (χ0) is 13.8. The molecule has 104 valence electrons. The predicted octanol–water partition coefficient (Wildman–Crippen LogP) is 0.759. The van der Waals surface area contributed by atoms with Crippen LogP contribution in [0.1, 0.15) is 19.5 Å². The summed E-state index contributed by atoms with van der Waals surface area (Å²) in [6.45, 7) is 7.95. The van der Waals surface area contributed by atoms with Gasteiger partial charge in [-0.2, -0.15) is 0 Å². The van der Waals surface area contributed by atoms with Gasteiger partial charge in [0.2, 0.25) is 5.91 Å². The molecule has 0 spiro atoms. The zero-order valence-electron chi connectivity index (χ0n) is 11.7. The number of aromatic nitrogens is 1. The lowest BCUT2D eigenvalue weighted by atomic mass is 10.1. The van der Waals surface area contributed by atoms with Crippen molar-refractivity contribution in [2.45, 2.75) is 26.3 Å². The summed E-state index contributed by atoms with van der Waals surface area (Å²) in [5.41, 5.74) is 6.99. The van der Waals surface area contributed by atoms with Crippen LogP contribution in [0.2, 0.25) is 0 Å². The predicted molar refractivity (Wildman–Crippen MR) is 75.6 cm³/mol. The third-order valence-corrected chi connectivity index (χ3v) is 3.70. The van der Waals surface area contributed by atoms with Crippen molar-refractivity contribution in [2.24, 2.45) is 0 Å². The highest BCUT2D eigenvalue weighted by Gasteiger charge is 2.25. The maximum Gasteiger partial charge on any atom is 0.228 e. The average Bonchev–Trinajstić information content (AvgIpc) is 2.41. The minimum Gasteiger partial charge on any atom is -0.397 e. The van der Waals surface area contributed by atoms with Gasteiger partial charge < -0.3 is 10.6 Å². The fourth-order valence-corrected chi connectivity index (χ4v) is 2.50. The van der Waals surface area contributed by atoms with Gasteiger partial charge in [-0.15, -0.1) is 0 Å². The van der Waals surface area contributed by atoms with Gasteiger partial charge in [0, 0.05) is 31.4 Å². The number of carbonyl (C=O) groups is 1. The molecule has 1 aromatic rings. The number of pyridine rings is 1. The Kier molecular flexibility index (Phi) is 4.37. The molecule has 2 rings (SSSR count). The minimum atomic E-state index is 0.153. The number of nitrogen functional groups attached to an aromatic ring is 1. The van der Waals surface area contributed by atoms with Crippen LogP contribution in [-0.2, 0) is 11.2 Å². The number of likely N-dealkylation sites (N-methyl/N-ethyl adjacent to an activating group) is 1. The number of hydrogen-bond donors (Lipinski definition) is 1. The fraction of sp³-hybridized carbons (Fsp3) is 0.571. The van der Waals surface area contributed by atoms with E-state index in [9.17, 15) is 4.79 Å². The van der Waals surface area contributed by atoms with Gasteiger partial charge in [-0.3, -0.25) is 14.7 Å². The summed E-state index contributed by atoms with van der Waals surface area (Å²) in [6.07, 6.45) is 1.96. The fourth-order valence-electron chi connectivity index (χ4n) is 2.50. The highest BCUT2D eigenvalue weighted by molar-refractivity contribution is 5.78. The normalized spacial score (nSPS) is 20.5. The summed E-state index contributed by atoms with van der Waals surface area (Å²) in [5, 5.41) is 0. The van der Waals surface area contributed by atoms with E-state index >= 15 is 0 Å². The van der Waals surface area contributed by atoms with Crippen molar-refractivity contribution < 1.29 is 4.79 Å². The van der Waals surface area contributed by atoms with Crippen molar-refractivity contribution in [1.82, 2.24) is 14.8 Å². The van der Waals surface area contributed by atoms with Crippen molar-refractivity contribution >= 4 is 11.6 Å². The van der Waals surface area contributed by atoms with Crippen LogP contribution in [-0.4, -0.2) is 52.9 Å². The number of amides is 1. The highest BCUT2D eigenvalue weighted by Crippen LogP contribution is 2.11. The van der Waals surface area contributed by atoms with Gasteiger partial charge in [0.25, 0.3) is 0 Å². The molecule has 2 heterocycles. The van der Waals surface area contributed by atoms with E-state index in [0.717, 1.165) is 31.9 Å². The molecular weight excluding hydrogens is 240 g/mol. The maximum atomic E-state index is 12.2. The van der Waals surface area contributed by atoms with E-state index in [-0.39, 0.29) is 5.91 Å². The maximum absolute atomic E-state index is 12.2. The van der Waals surface area contributed by atoms with Crippen molar-refractivity contribution in [1.29, 1.82) is 0 Å².